The van der Waals surface area contributed by atoms with Crippen LogP contribution in [0.25, 0.3) is 0 Å². The van der Waals surface area contributed by atoms with Crippen molar-refractivity contribution in [1.29, 1.82) is 0 Å². The Balaban J connectivity index is 1.80. The summed E-state index contributed by atoms with van der Waals surface area (Å²) in [4.78, 5) is 2.77. The maximum atomic E-state index is 5.66. The molecule has 1 aliphatic heterocycles. The van der Waals surface area contributed by atoms with Gasteiger partial charge >= 0.3 is 0 Å². The van der Waals surface area contributed by atoms with Gasteiger partial charge < -0.3 is 10.6 Å². The minimum absolute atomic E-state index is 0.878. The van der Waals surface area contributed by atoms with Crippen LogP contribution >= 0.6 is 0 Å². The van der Waals surface area contributed by atoms with Gasteiger partial charge in [-0.1, -0.05) is 19.3 Å². The lowest BCUT2D eigenvalue weighted by Gasteiger charge is -2.40. The monoisotopic (exact) mass is 210 g/mol. The maximum Gasteiger partial charge on any atom is 0.00953 e. The van der Waals surface area contributed by atoms with E-state index in [1.165, 1.54) is 64.5 Å². The normalized spacial score (nSPS) is 30.6. The van der Waals surface area contributed by atoms with Crippen molar-refractivity contribution in [3.63, 3.8) is 0 Å². The van der Waals surface area contributed by atoms with Crippen LogP contribution < -0.4 is 5.73 Å². The predicted molar refractivity (Wildman–Crippen MR) is 64.8 cm³/mol. The average Bonchev–Trinajstić information content (AvgIpc) is 2.31. The van der Waals surface area contributed by atoms with Gasteiger partial charge in [-0.3, -0.25) is 0 Å². The summed E-state index contributed by atoms with van der Waals surface area (Å²) in [5.41, 5.74) is 5.66. The minimum Gasteiger partial charge on any atom is -0.330 e. The van der Waals surface area contributed by atoms with Crippen LogP contribution in [0.2, 0.25) is 0 Å². The molecule has 88 valence electrons. The lowest BCUT2D eigenvalue weighted by atomic mass is 9.89. The van der Waals surface area contributed by atoms with E-state index in [0.29, 0.717) is 0 Å². The third kappa shape index (κ3) is 3.18. The highest BCUT2D eigenvalue weighted by Gasteiger charge is 2.26. The first-order valence-electron chi connectivity index (χ1n) is 6.84. The van der Waals surface area contributed by atoms with Crippen molar-refractivity contribution < 1.29 is 0 Å². The van der Waals surface area contributed by atoms with Crippen molar-refractivity contribution in [2.75, 3.05) is 19.6 Å². The zero-order valence-electron chi connectivity index (χ0n) is 9.96. The summed E-state index contributed by atoms with van der Waals surface area (Å²) >= 11 is 0. The fourth-order valence-corrected chi connectivity index (χ4v) is 3.35. The van der Waals surface area contributed by atoms with Crippen LogP contribution in [0.15, 0.2) is 0 Å². The standard InChI is InChI=1S/C13H26N2/c14-9-8-12-5-4-10-15(11-12)13-6-2-1-3-7-13/h12-13H,1-11,14H2/t12-/m1/s1. The largest absolute Gasteiger partial charge is 0.330 e. The van der Waals surface area contributed by atoms with Crippen molar-refractivity contribution in [3.05, 3.63) is 0 Å². The summed E-state index contributed by atoms with van der Waals surface area (Å²) in [6.07, 6.45) is 11.4. The van der Waals surface area contributed by atoms with Crippen LogP contribution in [0.1, 0.15) is 51.4 Å². The molecule has 1 aliphatic carbocycles. The molecule has 1 saturated heterocycles. The molecular weight excluding hydrogens is 184 g/mol. The molecule has 2 rings (SSSR count). The van der Waals surface area contributed by atoms with Crippen LogP contribution in [-0.4, -0.2) is 30.6 Å². The second kappa shape index (κ2) is 5.86. The average molecular weight is 210 g/mol. The van der Waals surface area contributed by atoms with Gasteiger partial charge in [0.15, 0.2) is 0 Å². The van der Waals surface area contributed by atoms with E-state index >= 15 is 0 Å². The van der Waals surface area contributed by atoms with Crippen LogP contribution in [0, 0.1) is 5.92 Å². The van der Waals surface area contributed by atoms with Gasteiger partial charge in [0, 0.05) is 12.6 Å². The van der Waals surface area contributed by atoms with Gasteiger partial charge in [0.1, 0.15) is 0 Å². The zero-order chi connectivity index (χ0) is 10.5. The van der Waals surface area contributed by atoms with E-state index in [-0.39, 0.29) is 0 Å². The van der Waals surface area contributed by atoms with Crippen LogP contribution in [0.3, 0.4) is 0 Å². The predicted octanol–water partition coefficient (Wildman–Crippen LogP) is 2.38. The quantitative estimate of drug-likeness (QED) is 0.775. The summed E-state index contributed by atoms with van der Waals surface area (Å²) in [5, 5.41) is 0. The fourth-order valence-electron chi connectivity index (χ4n) is 3.35. The summed E-state index contributed by atoms with van der Waals surface area (Å²) in [7, 11) is 0. The molecule has 0 aromatic heterocycles. The molecule has 1 heterocycles. The molecule has 2 nitrogen and oxygen atoms in total. The maximum absolute atomic E-state index is 5.66. The molecule has 2 fully saturated rings. The molecule has 2 heteroatoms. The number of likely N-dealkylation sites (tertiary alicyclic amines) is 1. The fraction of sp³-hybridized carbons (Fsp3) is 1.00. The lowest BCUT2D eigenvalue weighted by Crippen LogP contribution is -2.43. The number of rotatable bonds is 3. The Morgan fingerprint density at radius 2 is 1.80 bits per heavy atom. The molecule has 1 atom stereocenters. The number of hydrogen-bond donors (Lipinski definition) is 1. The van der Waals surface area contributed by atoms with E-state index in [9.17, 15) is 0 Å². The van der Waals surface area contributed by atoms with E-state index in [0.717, 1.165) is 18.5 Å². The summed E-state index contributed by atoms with van der Waals surface area (Å²) < 4.78 is 0. The van der Waals surface area contributed by atoms with Gasteiger partial charge in [0.2, 0.25) is 0 Å². The van der Waals surface area contributed by atoms with E-state index in [2.05, 4.69) is 4.90 Å². The van der Waals surface area contributed by atoms with Crippen LogP contribution in [0.5, 0.6) is 0 Å². The van der Waals surface area contributed by atoms with Crippen LogP contribution in [-0.2, 0) is 0 Å². The highest BCUT2D eigenvalue weighted by molar-refractivity contribution is 4.81. The van der Waals surface area contributed by atoms with E-state index in [4.69, 9.17) is 5.73 Å². The molecule has 15 heavy (non-hydrogen) atoms. The molecule has 0 spiro atoms. The second-order valence-electron chi connectivity index (χ2n) is 5.37. The number of hydrogen-bond acceptors (Lipinski definition) is 2. The molecule has 0 aromatic rings. The van der Waals surface area contributed by atoms with Crippen LogP contribution in [0.4, 0.5) is 0 Å². The van der Waals surface area contributed by atoms with Crippen molar-refractivity contribution in [2.45, 2.75) is 57.4 Å². The summed E-state index contributed by atoms with van der Waals surface area (Å²) in [6, 6.07) is 0.916. The Morgan fingerprint density at radius 1 is 1.00 bits per heavy atom. The molecule has 0 aromatic carbocycles. The van der Waals surface area contributed by atoms with Gasteiger partial charge in [0.25, 0.3) is 0 Å². The zero-order valence-corrected chi connectivity index (χ0v) is 9.96. The van der Waals surface area contributed by atoms with E-state index in [1.807, 2.05) is 0 Å². The van der Waals surface area contributed by atoms with Gasteiger partial charge in [-0.25, -0.2) is 0 Å². The molecule has 0 radical (unpaired) electrons. The smallest absolute Gasteiger partial charge is 0.00953 e. The molecule has 0 unspecified atom stereocenters. The highest BCUT2D eigenvalue weighted by atomic mass is 15.2. The first kappa shape index (κ1) is 11.4. The highest BCUT2D eigenvalue weighted by Crippen LogP contribution is 2.27. The second-order valence-corrected chi connectivity index (χ2v) is 5.37. The summed E-state index contributed by atoms with van der Waals surface area (Å²) in [5.74, 6) is 0.894. The van der Waals surface area contributed by atoms with Gasteiger partial charge in [-0.15, -0.1) is 0 Å². The van der Waals surface area contributed by atoms with Gasteiger partial charge in [0.05, 0.1) is 0 Å². The Hall–Kier alpha value is -0.0800. The van der Waals surface area contributed by atoms with E-state index in [1.54, 1.807) is 0 Å². The number of nitrogens with two attached hydrogens (primary N) is 1. The number of nitrogens with zero attached hydrogens (tertiary/aromatic N) is 1. The molecule has 2 aliphatic rings. The van der Waals surface area contributed by atoms with Gasteiger partial charge in [-0.05, 0) is 51.1 Å². The third-order valence-corrected chi connectivity index (χ3v) is 4.22. The molecule has 0 bridgehead atoms. The first-order valence-corrected chi connectivity index (χ1v) is 6.84. The van der Waals surface area contributed by atoms with Gasteiger partial charge in [-0.2, -0.15) is 0 Å². The molecule has 2 N–H and O–H groups in total. The topological polar surface area (TPSA) is 29.3 Å². The minimum atomic E-state index is 0.878. The molecule has 1 saturated carbocycles. The Morgan fingerprint density at radius 3 is 2.53 bits per heavy atom. The Kier molecular flexibility index (Phi) is 4.45. The Bertz CT molecular complexity index is 173. The van der Waals surface area contributed by atoms with Crippen molar-refractivity contribution in [2.24, 2.45) is 11.7 Å². The first-order chi connectivity index (χ1) is 7.40. The molecular formula is C13H26N2. The van der Waals surface area contributed by atoms with Crippen molar-refractivity contribution >= 4 is 0 Å². The van der Waals surface area contributed by atoms with E-state index < -0.39 is 0 Å². The lowest BCUT2D eigenvalue weighted by molar-refractivity contribution is 0.0963. The Labute approximate surface area is 94.2 Å². The SMILES string of the molecule is NCC[C@H]1CCCN(C2CCCCC2)C1. The third-order valence-electron chi connectivity index (χ3n) is 4.22. The molecule has 0 amide bonds. The number of piperidine rings is 1. The summed E-state index contributed by atoms with van der Waals surface area (Å²) in [6.45, 7) is 3.57. The van der Waals surface area contributed by atoms with Crippen molar-refractivity contribution in [1.82, 2.24) is 4.90 Å². The van der Waals surface area contributed by atoms with Crippen molar-refractivity contribution in [3.8, 4) is 0 Å².